The molecule has 92 valence electrons. The van der Waals surface area contributed by atoms with E-state index in [2.05, 4.69) is 0 Å². The molecule has 3 atom stereocenters. The Balaban J connectivity index is 2.34. The minimum Gasteiger partial charge on any atom is -0.299 e. The number of Topliss-reactive ketones (excluding diaryl/α,β-unsaturated/α-hetero) is 1. The van der Waals surface area contributed by atoms with Gasteiger partial charge in [0.1, 0.15) is 5.78 Å². The molecule has 4 nitrogen and oxygen atoms in total. The third kappa shape index (κ3) is 1.44. The highest BCUT2D eigenvalue weighted by Gasteiger charge is 2.75. The largest absolute Gasteiger partial charge is 0.299 e. The molecule has 0 aromatic rings. The van der Waals surface area contributed by atoms with Crippen LogP contribution in [-0.4, -0.2) is 26.6 Å². The third-order valence-electron chi connectivity index (χ3n) is 4.14. The van der Waals surface area contributed by atoms with E-state index in [9.17, 15) is 13.2 Å². The standard InChI is InChI=1S/C11H18O4S/c1-10(2)6-7(10)9(15-16(5,13)14)11(3,4)8(6)12/h6-7,9H,1-5H3/t6-,7+,9-/m1/s1. The van der Waals surface area contributed by atoms with E-state index in [1.54, 1.807) is 13.8 Å². The Morgan fingerprint density at radius 3 is 2.06 bits per heavy atom. The molecule has 2 aliphatic carbocycles. The molecule has 0 aromatic heterocycles. The van der Waals surface area contributed by atoms with E-state index in [4.69, 9.17) is 4.18 Å². The molecular formula is C11H18O4S. The average molecular weight is 246 g/mol. The van der Waals surface area contributed by atoms with Crippen molar-refractivity contribution in [3.8, 4) is 0 Å². The summed E-state index contributed by atoms with van der Waals surface area (Å²) in [6, 6.07) is 0. The maximum atomic E-state index is 12.1. The number of fused-ring (bicyclic) bond motifs is 1. The second kappa shape index (κ2) is 2.88. The molecule has 5 heteroatoms. The Labute approximate surface area is 96.5 Å². The second-order valence-electron chi connectivity index (χ2n) is 6.13. The highest BCUT2D eigenvalue weighted by molar-refractivity contribution is 7.86. The zero-order valence-electron chi connectivity index (χ0n) is 10.3. The number of hydrogen-bond acceptors (Lipinski definition) is 4. The van der Waals surface area contributed by atoms with Crippen molar-refractivity contribution in [1.29, 1.82) is 0 Å². The molecule has 0 aromatic carbocycles. The predicted octanol–water partition coefficient (Wildman–Crippen LogP) is 1.21. The summed E-state index contributed by atoms with van der Waals surface area (Å²) < 4.78 is 27.6. The van der Waals surface area contributed by atoms with Gasteiger partial charge in [0.15, 0.2) is 0 Å². The zero-order chi connectivity index (χ0) is 12.5. The molecular weight excluding hydrogens is 228 g/mol. The monoisotopic (exact) mass is 246 g/mol. The molecule has 2 aliphatic rings. The van der Waals surface area contributed by atoms with E-state index in [0.29, 0.717) is 0 Å². The summed E-state index contributed by atoms with van der Waals surface area (Å²) in [5.41, 5.74) is -0.796. The number of ketones is 1. The van der Waals surface area contributed by atoms with E-state index >= 15 is 0 Å². The number of hydrogen-bond donors (Lipinski definition) is 0. The van der Waals surface area contributed by atoms with E-state index in [-0.39, 0.29) is 23.0 Å². The molecule has 0 spiro atoms. The van der Waals surface area contributed by atoms with Gasteiger partial charge in [0.2, 0.25) is 0 Å². The maximum Gasteiger partial charge on any atom is 0.264 e. The van der Waals surface area contributed by atoms with Gasteiger partial charge in [0.25, 0.3) is 10.1 Å². The predicted molar refractivity (Wildman–Crippen MR) is 59.3 cm³/mol. The fourth-order valence-corrected chi connectivity index (χ4v) is 3.84. The summed E-state index contributed by atoms with van der Waals surface area (Å²) >= 11 is 0. The summed E-state index contributed by atoms with van der Waals surface area (Å²) in [5, 5.41) is 0. The first-order valence-electron chi connectivity index (χ1n) is 5.42. The summed E-state index contributed by atoms with van der Waals surface area (Å²) in [6.07, 6.45) is 0.533. The Kier molecular flexibility index (Phi) is 2.17. The number of carbonyl (C=O) groups excluding carboxylic acids is 1. The molecule has 0 unspecified atom stereocenters. The fraction of sp³-hybridized carbons (Fsp3) is 0.909. The lowest BCUT2D eigenvalue weighted by atomic mass is 9.79. The van der Waals surface area contributed by atoms with Crippen molar-refractivity contribution < 1.29 is 17.4 Å². The molecule has 0 amide bonds. The molecule has 0 bridgehead atoms. The van der Waals surface area contributed by atoms with Crippen LogP contribution in [0.15, 0.2) is 0 Å². The van der Waals surface area contributed by atoms with Gasteiger partial charge in [0, 0.05) is 11.8 Å². The van der Waals surface area contributed by atoms with E-state index in [0.717, 1.165) is 6.26 Å². The van der Waals surface area contributed by atoms with Crippen LogP contribution < -0.4 is 0 Å². The van der Waals surface area contributed by atoms with Gasteiger partial charge in [-0.1, -0.05) is 27.7 Å². The van der Waals surface area contributed by atoms with Crippen molar-refractivity contribution in [3.05, 3.63) is 0 Å². The smallest absolute Gasteiger partial charge is 0.264 e. The normalized spacial score (nSPS) is 39.6. The molecule has 2 fully saturated rings. The second-order valence-corrected chi connectivity index (χ2v) is 7.73. The topological polar surface area (TPSA) is 60.4 Å². The quantitative estimate of drug-likeness (QED) is 0.687. The lowest BCUT2D eigenvalue weighted by Gasteiger charge is -2.30. The highest BCUT2D eigenvalue weighted by atomic mass is 32.2. The van der Waals surface area contributed by atoms with Gasteiger partial charge in [0.05, 0.1) is 17.8 Å². The lowest BCUT2D eigenvalue weighted by Crippen LogP contribution is -2.39. The van der Waals surface area contributed by atoms with Crippen LogP contribution >= 0.6 is 0 Å². The van der Waals surface area contributed by atoms with Crippen LogP contribution in [0.25, 0.3) is 0 Å². The number of rotatable bonds is 2. The molecule has 0 radical (unpaired) electrons. The molecule has 2 rings (SSSR count). The van der Waals surface area contributed by atoms with Crippen LogP contribution in [0.2, 0.25) is 0 Å². The van der Waals surface area contributed by atoms with Crippen molar-refractivity contribution in [1.82, 2.24) is 0 Å². The molecule has 0 heterocycles. The Hall–Kier alpha value is -0.420. The first-order valence-corrected chi connectivity index (χ1v) is 7.24. The van der Waals surface area contributed by atoms with Gasteiger partial charge in [-0.3, -0.25) is 8.98 Å². The van der Waals surface area contributed by atoms with Crippen LogP contribution in [-0.2, 0) is 19.1 Å². The van der Waals surface area contributed by atoms with Crippen LogP contribution in [0.1, 0.15) is 27.7 Å². The van der Waals surface area contributed by atoms with Crippen molar-refractivity contribution in [2.45, 2.75) is 33.8 Å². The molecule has 2 saturated carbocycles. The first-order chi connectivity index (χ1) is 6.99. The van der Waals surface area contributed by atoms with Gasteiger partial charge in [-0.05, 0) is 5.41 Å². The van der Waals surface area contributed by atoms with Crippen molar-refractivity contribution >= 4 is 15.9 Å². The molecule has 0 N–H and O–H groups in total. The fourth-order valence-electron chi connectivity index (χ4n) is 3.10. The van der Waals surface area contributed by atoms with Gasteiger partial charge >= 0.3 is 0 Å². The number of carbonyl (C=O) groups is 1. The summed E-state index contributed by atoms with van der Waals surface area (Å²) in [6.45, 7) is 7.53. The molecule has 0 aliphatic heterocycles. The van der Waals surface area contributed by atoms with Crippen LogP contribution in [0.3, 0.4) is 0 Å². The van der Waals surface area contributed by atoms with Crippen molar-refractivity contribution in [2.75, 3.05) is 6.26 Å². The Bertz CT molecular complexity index is 447. The average Bonchev–Trinajstić information content (AvgIpc) is 2.53. The lowest BCUT2D eigenvalue weighted by molar-refractivity contribution is -0.130. The van der Waals surface area contributed by atoms with E-state index in [1.807, 2.05) is 13.8 Å². The van der Waals surface area contributed by atoms with Crippen molar-refractivity contribution in [3.63, 3.8) is 0 Å². The summed E-state index contributed by atoms with van der Waals surface area (Å²) in [5.74, 6) is 0.148. The van der Waals surface area contributed by atoms with Crippen LogP contribution in [0.5, 0.6) is 0 Å². The Morgan fingerprint density at radius 1 is 1.19 bits per heavy atom. The third-order valence-corrected chi connectivity index (χ3v) is 4.70. The van der Waals surface area contributed by atoms with E-state index in [1.165, 1.54) is 0 Å². The van der Waals surface area contributed by atoms with Crippen molar-refractivity contribution in [2.24, 2.45) is 22.7 Å². The minimum atomic E-state index is -3.51. The Morgan fingerprint density at radius 2 is 1.69 bits per heavy atom. The van der Waals surface area contributed by atoms with Crippen LogP contribution in [0.4, 0.5) is 0 Å². The maximum absolute atomic E-state index is 12.1. The zero-order valence-corrected chi connectivity index (χ0v) is 11.1. The van der Waals surface area contributed by atoms with Gasteiger partial charge in [-0.25, -0.2) is 0 Å². The first kappa shape index (κ1) is 12.0. The molecule has 0 saturated heterocycles. The van der Waals surface area contributed by atoms with Gasteiger partial charge in [-0.15, -0.1) is 0 Å². The summed E-state index contributed by atoms with van der Waals surface area (Å²) in [4.78, 5) is 12.1. The SMILES string of the molecule is CC1(C)C(=O)[C@H]2[C@@H]([C@H]1OS(C)(=O)=O)C2(C)C. The van der Waals surface area contributed by atoms with Gasteiger partial charge in [-0.2, -0.15) is 8.42 Å². The van der Waals surface area contributed by atoms with E-state index < -0.39 is 21.6 Å². The molecule has 16 heavy (non-hydrogen) atoms. The highest BCUT2D eigenvalue weighted by Crippen LogP contribution is 2.70. The van der Waals surface area contributed by atoms with Crippen LogP contribution in [0, 0.1) is 22.7 Å². The summed E-state index contributed by atoms with van der Waals surface area (Å²) in [7, 11) is -3.51. The minimum absolute atomic E-state index is 0.0331. The van der Waals surface area contributed by atoms with Gasteiger partial charge < -0.3 is 0 Å².